The number of nitro benzene ring substituents is 1. The monoisotopic (exact) mass is 386 g/mol. The molecule has 1 aromatic carbocycles. The molecule has 0 N–H and O–H groups in total. The Morgan fingerprint density at radius 1 is 1.40 bits per heavy atom. The summed E-state index contributed by atoms with van der Waals surface area (Å²) >= 11 is 5.76. The number of nitro groups is 1. The van der Waals surface area contributed by atoms with Crippen molar-refractivity contribution in [3.8, 4) is 0 Å². The van der Waals surface area contributed by atoms with Gasteiger partial charge in [-0.25, -0.2) is 17.2 Å². The lowest BCUT2D eigenvalue weighted by Crippen LogP contribution is -2.20. The zero-order chi connectivity index (χ0) is 18.8. The molecule has 0 saturated heterocycles. The molecule has 0 radical (unpaired) electrons. The molecule has 1 heterocycles. The largest absolute Gasteiger partial charge is 0.461 e. The number of hydrogen-bond donors (Lipinski definition) is 0. The molecule has 2 aromatic rings. The number of aromatic nitrogens is 1. The lowest BCUT2D eigenvalue weighted by Gasteiger charge is -2.10. The predicted octanol–water partition coefficient (Wildman–Crippen LogP) is 2.28. The molecule has 0 bridgehead atoms. The van der Waals surface area contributed by atoms with E-state index in [2.05, 4.69) is 0 Å². The number of carbonyl (C=O) groups is 2. The number of esters is 1. The van der Waals surface area contributed by atoms with Crippen LogP contribution in [0.4, 0.5) is 5.69 Å². The van der Waals surface area contributed by atoms with Gasteiger partial charge in [0.25, 0.3) is 15.7 Å². The van der Waals surface area contributed by atoms with E-state index in [4.69, 9.17) is 16.3 Å². The number of benzene rings is 1. The van der Waals surface area contributed by atoms with Crippen LogP contribution in [0.25, 0.3) is 0 Å². The smallest absolute Gasteiger partial charge is 0.356 e. The molecule has 1 aromatic heterocycles. The molecule has 0 spiro atoms. The summed E-state index contributed by atoms with van der Waals surface area (Å²) in [7, 11) is -4.59. The minimum Gasteiger partial charge on any atom is -0.461 e. The van der Waals surface area contributed by atoms with Gasteiger partial charge in [-0.15, -0.1) is 0 Å². The van der Waals surface area contributed by atoms with E-state index in [0.717, 1.165) is 30.5 Å². The summed E-state index contributed by atoms with van der Waals surface area (Å²) in [5, 5.41) is 11.1. The van der Waals surface area contributed by atoms with Crippen molar-refractivity contribution in [2.45, 2.75) is 11.8 Å². The molecular formula is C14H11ClN2O7S. The van der Waals surface area contributed by atoms with Gasteiger partial charge in [0.15, 0.2) is 11.2 Å². The van der Waals surface area contributed by atoms with E-state index in [1.807, 2.05) is 0 Å². The summed E-state index contributed by atoms with van der Waals surface area (Å²) in [6.45, 7) is 1.49. The lowest BCUT2D eigenvalue weighted by atomic mass is 10.3. The van der Waals surface area contributed by atoms with Crippen molar-refractivity contribution in [3.63, 3.8) is 0 Å². The van der Waals surface area contributed by atoms with E-state index in [0.29, 0.717) is 10.3 Å². The van der Waals surface area contributed by atoms with Crippen LogP contribution in [0, 0.1) is 10.1 Å². The van der Waals surface area contributed by atoms with Crippen LogP contribution < -0.4 is 0 Å². The second-order valence-electron chi connectivity index (χ2n) is 4.67. The summed E-state index contributed by atoms with van der Waals surface area (Å²) < 4.78 is 30.9. The van der Waals surface area contributed by atoms with Crippen LogP contribution in [0.1, 0.15) is 27.8 Å². The molecule has 25 heavy (non-hydrogen) atoms. The van der Waals surface area contributed by atoms with Gasteiger partial charge in [0.05, 0.1) is 11.5 Å². The van der Waals surface area contributed by atoms with Crippen LogP contribution in [-0.2, 0) is 14.8 Å². The zero-order valence-corrected chi connectivity index (χ0v) is 14.3. The third-order valence-electron chi connectivity index (χ3n) is 3.08. The molecule has 132 valence electrons. The third-order valence-corrected chi connectivity index (χ3v) is 5.02. The number of ether oxygens (including phenoxy) is 1. The first-order valence-electron chi connectivity index (χ1n) is 6.76. The molecular weight excluding hydrogens is 376 g/mol. The number of aldehydes is 1. The quantitative estimate of drug-likeness (QED) is 0.322. The third kappa shape index (κ3) is 3.54. The fraction of sp³-hybridized carbons (Fsp3) is 0.143. The zero-order valence-electron chi connectivity index (χ0n) is 12.7. The van der Waals surface area contributed by atoms with Crippen molar-refractivity contribution in [2.75, 3.05) is 6.61 Å². The molecule has 9 nitrogen and oxygen atoms in total. The summed E-state index contributed by atoms with van der Waals surface area (Å²) in [4.78, 5) is 32.5. The minimum absolute atomic E-state index is 0.0300. The Kier molecular flexibility index (Phi) is 5.24. The van der Waals surface area contributed by atoms with E-state index in [-0.39, 0.29) is 17.2 Å². The maximum absolute atomic E-state index is 12.8. The van der Waals surface area contributed by atoms with Gasteiger partial charge in [0.1, 0.15) is 5.69 Å². The van der Waals surface area contributed by atoms with Gasteiger partial charge in [-0.3, -0.25) is 14.9 Å². The molecule has 0 aliphatic carbocycles. The van der Waals surface area contributed by atoms with Gasteiger partial charge in [-0.2, -0.15) is 0 Å². The lowest BCUT2D eigenvalue weighted by molar-refractivity contribution is -0.387. The predicted molar refractivity (Wildman–Crippen MR) is 86.5 cm³/mol. The van der Waals surface area contributed by atoms with Crippen molar-refractivity contribution < 1.29 is 27.7 Å². The summed E-state index contributed by atoms with van der Waals surface area (Å²) in [5.41, 5.74) is -1.30. The van der Waals surface area contributed by atoms with Crippen LogP contribution in [0.5, 0.6) is 0 Å². The maximum Gasteiger partial charge on any atom is 0.356 e. The highest BCUT2D eigenvalue weighted by molar-refractivity contribution is 7.90. The Labute approximate surface area is 147 Å². The van der Waals surface area contributed by atoms with Crippen molar-refractivity contribution in [3.05, 3.63) is 56.9 Å². The highest BCUT2D eigenvalue weighted by Crippen LogP contribution is 2.30. The molecule has 0 aliphatic rings. The minimum atomic E-state index is -4.59. The number of carbonyl (C=O) groups excluding carboxylic acids is 2. The van der Waals surface area contributed by atoms with Gasteiger partial charge >= 0.3 is 5.97 Å². The topological polar surface area (TPSA) is 126 Å². The molecule has 0 saturated carbocycles. The van der Waals surface area contributed by atoms with Crippen LogP contribution >= 0.6 is 11.6 Å². The maximum atomic E-state index is 12.8. The highest BCUT2D eigenvalue weighted by atomic mass is 35.5. The Bertz CT molecular complexity index is 966. The van der Waals surface area contributed by atoms with E-state index < -0.39 is 37.2 Å². The van der Waals surface area contributed by atoms with Crippen LogP contribution in [0.2, 0.25) is 5.02 Å². The fourth-order valence-corrected chi connectivity index (χ4v) is 3.81. The van der Waals surface area contributed by atoms with Gasteiger partial charge in [0.2, 0.25) is 0 Å². The first-order valence-corrected chi connectivity index (χ1v) is 8.58. The van der Waals surface area contributed by atoms with E-state index in [1.165, 1.54) is 6.92 Å². The number of nitrogens with zero attached hydrogens (tertiary/aromatic N) is 2. The van der Waals surface area contributed by atoms with Gasteiger partial charge in [-0.1, -0.05) is 11.6 Å². The Balaban J connectivity index is 2.75. The Morgan fingerprint density at radius 3 is 2.64 bits per heavy atom. The van der Waals surface area contributed by atoms with E-state index in [9.17, 15) is 28.1 Å². The summed E-state index contributed by atoms with van der Waals surface area (Å²) in [5.74, 6) is -0.996. The van der Waals surface area contributed by atoms with Gasteiger partial charge < -0.3 is 4.74 Å². The molecule has 2 rings (SSSR count). The average molecular weight is 387 g/mol. The Morgan fingerprint density at radius 2 is 2.08 bits per heavy atom. The number of rotatable bonds is 6. The molecule has 0 amide bonds. The van der Waals surface area contributed by atoms with Crippen molar-refractivity contribution in [2.24, 2.45) is 0 Å². The number of hydrogen-bond acceptors (Lipinski definition) is 7. The Hall–Kier alpha value is -2.72. The average Bonchev–Trinajstić information content (AvgIpc) is 3.00. The molecule has 0 aliphatic heterocycles. The second kappa shape index (κ2) is 7.03. The van der Waals surface area contributed by atoms with Crippen molar-refractivity contribution in [1.29, 1.82) is 0 Å². The standard InChI is InChI=1S/C14H11ClN2O7S/c1-2-24-14(19)12-5-9(8-18)7-16(12)25(22,23)13-6-10(15)3-4-11(13)17(20)21/h3-8H,2H2,1H3. The molecule has 0 atom stereocenters. The summed E-state index contributed by atoms with van der Waals surface area (Å²) in [6, 6.07) is 4.00. The normalized spacial score (nSPS) is 11.1. The van der Waals surface area contributed by atoms with Crippen LogP contribution in [0.15, 0.2) is 35.4 Å². The van der Waals surface area contributed by atoms with E-state index in [1.54, 1.807) is 0 Å². The van der Waals surface area contributed by atoms with Gasteiger partial charge in [0, 0.05) is 22.8 Å². The van der Waals surface area contributed by atoms with Crippen molar-refractivity contribution in [1.82, 2.24) is 3.97 Å². The summed E-state index contributed by atoms with van der Waals surface area (Å²) in [6.07, 6.45) is 1.21. The first-order chi connectivity index (χ1) is 11.7. The van der Waals surface area contributed by atoms with Crippen LogP contribution in [0.3, 0.4) is 0 Å². The highest BCUT2D eigenvalue weighted by Gasteiger charge is 2.31. The fourth-order valence-electron chi connectivity index (χ4n) is 2.03. The SMILES string of the molecule is CCOC(=O)c1cc(C=O)cn1S(=O)(=O)c1cc(Cl)ccc1[N+](=O)[O-]. The van der Waals surface area contributed by atoms with Crippen LogP contribution in [-0.4, -0.2) is 36.2 Å². The van der Waals surface area contributed by atoms with Gasteiger partial charge in [-0.05, 0) is 25.1 Å². The molecule has 0 unspecified atom stereocenters. The molecule has 11 heteroatoms. The first kappa shape index (κ1) is 18.6. The van der Waals surface area contributed by atoms with Crippen molar-refractivity contribution >= 4 is 39.6 Å². The molecule has 0 fully saturated rings. The van der Waals surface area contributed by atoms with E-state index >= 15 is 0 Å². The second-order valence-corrected chi connectivity index (χ2v) is 6.89. The number of halogens is 1.